The number of rotatable bonds is 1. The van der Waals surface area contributed by atoms with Crippen LogP contribution in [-0.2, 0) is 4.79 Å². The minimum absolute atomic E-state index is 0.824. The van der Waals surface area contributed by atoms with Crippen LogP contribution < -0.4 is 4.90 Å². The van der Waals surface area contributed by atoms with Crippen molar-refractivity contribution in [1.29, 1.82) is 0 Å². The summed E-state index contributed by atoms with van der Waals surface area (Å²) in [5.74, 6) is 0. The number of benzene rings is 1. The number of amides is 1. The van der Waals surface area contributed by atoms with Gasteiger partial charge < -0.3 is 0 Å². The second-order valence-corrected chi connectivity index (χ2v) is 2.00. The minimum atomic E-state index is 0.824. The zero-order valence-electron chi connectivity index (χ0n) is 4.74. The first-order valence-electron chi connectivity index (χ1n) is 2.76. The van der Waals surface area contributed by atoms with Crippen molar-refractivity contribution in [2.75, 3.05) is 4.90 Å². The normalized spacial score (nSPS) is 12.7. The molecule has 0 unspecified atom stereocenters. The predicted molar refractivity (Wildman–Crippen MR) is 34.6 cm³/mol. The zero-order valence-corrected chi connectivity index (χ0v) is 4.74. The standard InChI is InChI=1S/C7H5NO/c9-5-8-6-2-1-3-7(8)4-6/h1-5H. The molecule has 2 aliphatic rings. The van der Waals surface area contributed by atoms with E-state index in [1.165, 1.54) is 0 Å². The first-order valence-corrected chi connectivity index (χ1v) is 2.76. The summed E-state index contributed by atoms with van der Waals surface area (Å²) in [5, 5.41) is 0. The molecule has 2 nitrogen and oxygen atoms in total. The van der Waals surface area contributed by atoms with Crippen molar-refractivity contribution in [2.45, 2.75) is 0 Å². The van der Waals surface area contributed by atoms with E-state index in [1.54, 1.807) is 4.90 Å². The summed E-state index contributed by atoms with van der Waals surface area (Å²) >= 11 is 0. The highest BCUT2D eigenvalue weighted by Crippen LogP contribution is 2.34. The molecule has 0 saturated carbocycles. The average molecular weight is 119 g/mol. The van der Waals surface area contributed by atoms with Crippen molar-refractivity contribution in [2.24, 2.45) is 0 Å². The van der Waals surface area contributed by atoms with Crippen molar-refractivity contribution < 1.29 is 4.79 Å². The predicted octanol–water partition coefficient (Wildman–Crippen LogP) is 1.29. The van der Waals surface area contributed by atoms with Crippen LogP contribution in [0.1, 0.15) is 0 Å². The maximum Gasteiger partial charge on any atom is 0.218 e. The summed E-state index contributed by atoms with van der Waals surface area (Å²) in [4.78, 5) is 11.8. The van der Waals surface area contributed by atoms with Crippen LogP contribution in [0, 0.1) is 0 Å². The Morgan fingerprint density at radius 1 is 1.33 bits per heavy atom. The molecule has 3 rings (SSSR count). The van der Waals surface area contributed by atoms with E-state index in [9.17, 15) is 4.79 Å². The Hall–Kier alpha value is -1.31. The first-order chi connectivity index (χ1) is 4.42. The molecule has 0 radical (unpaired) electrons. The molecule has 0 spiro atoms. The van der Waals surface area contributed by atoms with E-state index in [-0.39, 0.29) is 0 Å². The lowest BCUT2D eigenvalue weighted by molar-refractivity contribution is -0.106. The van der Waals surface area contributed by atoms with Gasteiger partial charge in [-0.3, -0.25) is 9.69 Å². The Morgan fingerprint density at radius 3 is 2.33 bits per heavy atom. The molecule has 0 atom stereocenters. The first kappa shape index (κ1) is 4.56. The van der Waals surface area contributed by atoms with Crippen LogP contribution in [-0.4, -0.2) is 6.41 Å². The maximum atomic E-state index is 10.2. The number of hydrogen-bond acceptors (Lipinski definition) is 1. The van der Waals surface area contributed by atoms with Gasteiger partial charge in [0.25, 0.3) is 0 Å². The highest BCUT2D eigenvalue weighted by molar-refractivity contribution is 5.94. The molecule has 2 bridgehead atoms. The van der Waals surface area contributed by atoms with Gasteiger partial charge in [-0.25, -0.2) is 0 Å². The summed E-state index contributed by atoms with van der Waals surface area (Å²) in [6.45, 7) is 0. The van der Waals surface area contributed by atoms with Crippen LogP contribution in [0.5, 0.6) is 0 Å². The van der Waals surface area contributed by atoms with Crippen molar-refractivity contribution in [3.8, 4) is 0 Å². The topological polar surface area (TPSA) is 20.3 Å². The fraction of sp³-hybridized carbons (Fsp3) is 0. The van der Waals surface area contributed by atoms with Gasteiger partial charge in [0.15, 0.2) is 0 Å². The van der Waals surface area contributed by atoms with Gasteiger partial charge >= 0.3 is 0 Å². The second-order valence-electron chi connectivity index (χ2n) is 2.00. The fourth-order valence-electron chi connectivity index (χ4n) is 0.997. The quantitative estimate of drug-likeness (QED) is 0.510. The van der Waals surface area contributed by atoms with Crippen LogP contribution in [0.15, 0.2) is 24.3 Å². The molecule has 2 heterocycles. The van der Waals surface area contributed by atoms with Crippen LogP contribution in [0.25, 0.3) is 0 Å². The molecule has 9 heavy (non-hydrogen) atoms. The average Bonchev–Trinajstić information content (AvgIpc) is 1.90. The third-order valence-electron chi connectivity index (χ3n) is 1.49. The number of carbonyl (C=O) groups excluding carboxylic acids is 1. The summed E-state index contributed by atoms with van der Waals surface area (Å²) in [6, 6.07) is 7.71. The number of hydrogen-bond donors (Lipinski definition) is 0. The van der Waals surface area contributed by atoms with Gasteiger partial charge in [-0.15, -0.1) is 0 Å². The number of anilines is 2. The number of nitrogens with zero attached hydrogens (tertiary/aromatic N) is 1. The van der Waals surface area contributed by atoms with Crippen LogP contribution in [0.4, 0.5) is 11.4 Å². The molecule has 0 N–H and O–H groups in total. The Bertz CT molecular complexity index is 230. The van der Waals surface area contributed by atoms with Gasteiger partial charge in [0.2, 0.25) is 6.41 Å². The Morgan fingerprint density at radius 2 is 2.00 bits per heavy atom. The Kier molecular flexibility index (Phi) is 0.681. The third-order valence-corrected chi connectivity index (χ3v) is 1.49. The number of fused-ring (bicyclic) bond motifs is 2. The molecule has 2 aliphatic heterocycles. The van der Waals surface area contributed by atoms with Gasteiger partial charge in [0.05, 0.1) is 11.4 Å². The molecule has 0 fully saturated rings. The van der Waals surface area contributed by atoms with E-state index >= 15 is 0 Å². The fourth-order valence-corrected chi connectivity index (χ4v) is 0.997. The van der Waals surface area contributed by atoms with Gasteiger partial charge in [-0.2, -0.15) is 0 Å². The maximum absolute atomic E-state index is 10.2. The summed E-state index contributed by atoms with van der Waals surface area (Å²) in [7, 11) is 0. The molecule has 1 amide bonds. The largest absolute Gasteiger partial charge is 0.283 e. The molecule has 0 aromatic heterocycles. The van der Waals surface area contributed by atoms with E-state index in [0.29, 0.717) is 0 Å². The van der Waals surface area contributed by atoms with E-state index < -0.39 is 0 Å². The molecular weight excluding hydrogens is 114 g/mol. The van der Waals surface area contributed by atoms with Gasteiger partial charge in [0.1, 0.15) is 0 Å². The summed E-state index contributed by atoms with van der Waals surface area (Å²) < 4.78 is 0. The molecular formula is C7H5NO. The van der Waals surface area contributed by atoms with E-state index in [4.69, 9.17) is 0 Å². The molecule has 0 aliphatic carbocycles. The highest BCUT2D eigenvalue weighted by Gasteiger charge is 2.16. The monoisotopic (exact) mass is 119 g/mol. The van der Waals surface area contributed by atoms with Crippen molar-refractivity contribution in [1.82, 2.24) is 0 Å². The third kappa shape index (κ3) is 0.421. The lowest BCUT2D eigenvalue weighted by Gasteiger charge is -2.26. The van der Waals surface area contributed by atoms with Crippen LogP contribution in [0.2, 0.25) is 0 Å². The molecule has 2 heteroatoms. The van der Waals surface area contributed by atoms with Gasteiger partial charge in [0, 0.05) is 0 Å². The van der Waals surface area contributed by atoms with E-state index in [0.717, 1.165) is 17.8 Å². The van der Waals surface area contributed by atoms with Crippen LogP contribution >= 0.6 is 0 Å². The molecule has 0 saturated heterocycles. The lowest BCUT2D eigenvalue weighted by Crippen LogP contribution is -2.20. The Balaban J connectivity index is 2.52. The highest BCUT2D eigenvalue weighted by atomic mass is 16.1. The van der Waals surface area contributed by atoms with Crippen molar-refractivity contribution in [3.05, 3.63) is 24.3 Å². The lowest BCUT2D eigenvalue weighted by atomic mass is 10.1. The van der Waals surface area contributed by atoms with Crippen molar-refractivity contribution >= 4 is 17.8 Å². The molecule has 1 aromatic rings. The molecule has 44 valence electrons. The van der Waals surface area contributed by atoms with Crippen molar-refractivity contribution in [3.63, 3.8) is 0 Å². The second kappa shape index (κ2) is 1.35. The summed E-state index contributed by atoms with van der Waals surface area (Å²) in [5.41, 5.74) is 1.98. The van der Waals surface area contributed by atoms with Crippen LogP contribution in [0.3, 0.4) is 0 Å². The number of carbonyl (C=O) groups is 1. The SMILES string of the molecule is O=CN1c2cccc1c2. The van der Waals surface area contributed by atoms with E-state index in [1.807, 2.05) is 24.3 Å². The minimum Gasteiger partial charge on any atom is -0.283 e. The zero-order chi connectivity index (χ0) is 6.27. The van der Waals surface area contributed by atoms with Gasteiger partial charge in [-0.05, 0) is 18.2 Å². The Labute approximate surface area is 52.7 Å². The smallest absolute Gasteiger partial charge is 0.218 e. The molecule has 1 aromatic carbocycles. The summed E-state index contributed by atoms with van der Waals surface area (Å²) in [6.07, 6.45) is 0.824. The van der Waals surface area contributed by atoms with E-state index in [2.05, 4.69) is 0 Å². The van der Waals surface area contributed by atoms with Gasteiger partial charge in [-0.1, -0.05) is 6.07 Å².